The fourth-order valence-corrected chi connectivity index (χ4v) is 8.97. The lowest BCUT2D eigenvalue weighted by Crippen LogP contribution is -2.75. The van der Waals surface area contributed by atoms with E-state index in [1.165, 1.54) is 0 Å². The molecule has 3 fully saturated rings. The van der Waals surface area contributed by atoms with Crippen LogP contribution in [0.4, 0.5) is 0 Å². The van der Waals surface area contributed by atoms with Crippen LogP contribution in [0.15, 0.2) is 48.5 Å². The van der Waals surface area contributed by atoms with Crippen LogP contribution in [0, 0.1) is 0 Å². The minimum absolute atomic E-state index is 0. The molecule has 44 heavy (non-hydrogen) atoms. The highest BCUT2D eigenvalue weighted by Gasteiger charge is 2.55. The summed E-state index contributed by atoms with van der Waals surface area (Å²) in [5.41, 5.74) is 0.847. The van der Waals surface area contributed by atoms with Crippen molar-refractivity contribution in [2.75, 3.05) is 38.2 Å². The van der Waals surface area contributed by atoms with Crippen LogP contribution in [0.5, 0.6) is 11.5 Å². The molecule has 3 amide bonds. The Hall–Kier alpha value is -2.44. The molecular formula is C32H43ClN4O5S2. The maximum absolute atomic E-state index is 13.8. The maximum atomic E-state index is 13.8. The van der Waals surface area contributed by atoms with Crippen LogP contribution in [0.3, 0.4) is 0 Å². The van der Waals surface area contributed by atoms with Crippen molar-refractivity contribution in [1.29, 1.82) is 0 Å². The van der Waals surface area contributed by atoms with Gasteiger partial charge in [-0.15, -0.1) is 35.9 Å². The SMILES string of the molecule is CCCCN1C(=O)[C@@H]([C@@H](O)C2SCCCS2)NC(=O)C12CCN(Cc1ccc(Oc3ccc(C(=O)NC)cc3)cc1)CC2.Cl. The Bertz CT molecular complexity index is 1270. The molecule has 2 atom stereocenters. The van der Waals surface area contributed by atoms with Crippen LogP contribution in [0.2, 0.25) is 0 Å². The summed E-state index contributed by atoms with van der Waals surface area (Å²) < 4.78 is 5.85. The quantitative estimate of drug-likeness (QED) is 0.346. The van der Waals surface area contributed by atoms with E-state index in [-0.39, 0.29) is 34.7 Å². The van der Waals surface area contributed by atoms with Gasteiger partial charge in [0.1, 0.15) is 29.2 Å². The van der Waals surface area contributed by atoms with E-state index in [4.69, 9.17) is 4.74 Å². The fourth-order valence-electron chi connectivity index (χ4n) is 6.02. The monoisotopic (exact) mass is 662 g/mol. The first-order valence-corrected chi connectivity index (χ1v) is 17.3. The number of hydrogen-bond donors (Lipinski definition) is 3. The zero-order chi connectivity index (χ0) is 30.4. The molecule has 0 bridgehead atoms. The second-order valence-electron chi connectivity index (χ2n) is 11.4. The molecule has 12 heteroatoms. The number of nitrogens with one attached hydrogen (secondary N) is 2. The number of benzene rings is 2. The van der Waals surface area contributed by atoms with Gasteiger partial charge in [-0.05, 0) is 79.2 Å². The number of aliphatic hydroxyl groups is 1. The molecular weight excluding hydrogens is 620 g/mol. The molecule has 9 nitrogen and oxygen atoms in total. The second kappa shape index (κ2) is 15.7. The van der Waals surface area contributed by atoms with E-state index in [0.717, 1.165) is 42.9 Å². The molecule has 3 aliphatic heterocycles. The van der Waals surface area contributed by atoms with Crippen LogP contribution in [0.1, 0.15) is 54.9 Å². The Morgan fingerprint density at radius 1 is 1.07 bits per heavy atom. The summed E-state index contributed by atoms with van der Waals surface area (Å²) in [6.07, 6.45) is 3.08. The lowest BCUT2D eigenvalue weighted by Gasteiger charge is -2.52. The van der Waals surface area contributed by atoms with Gasteiger partial charge in [0.2, 0.25) is 11.8 Å². The third-order valence-corrected chi connectivity index (χ3v) is 11.6. The molecule has 0 unspecified atom stereocenters. The van der Waals surface area contributed by atoms with Gasteiger partial charge in [-0.2, -0.15) is 0 Å². The summed E-state index contributed by atoms with van der Waals surface area (Å²) in [5, 5.41) is 16.7. The van der Waals surface area contributed by atoms with Gasteiger partial charge in [0, 0.05) is 38.8 Å². The number of carbonyl (C=O) groups excluding carboxylic acids is 3. The standard InChI is InChI=1S/C32H42N4O5S2.ClH/c1-3-4-16-36-29(39)26(27(37)30-42-19-5-20-43-30)34-31(40)32(36)14-17-35(18-15-32)21-22-6-10-24(11-7-22)41-25-12-8-23(9-13-25)28(38)33-2;/h6-13,26-27,30,37H,3-5,14-21H2,1-2H3,(H,33,38)(H,34,40);1H/t26-,27-;/m1./s1. The number of carbonyl (C=O) groups is 3. The number of nitrogens with zero attached hydrogens (tertiary/aromatic N) is 2. The van der Waals surface area contributed by atoms with Gasteiger partial charge in [-0.1, -0.05) is 25.5 Å². The van der Waals surface area contributed by atoms with Crippen molar-refractivity contribution in [2.24, 2.45) is 0 Å². The average molecular weight is 663 g/mol. The molecule has 3 saturated heterocycles. The summed E-state index contributed by atoms with van der Waals surface area (Å²) in [5.74, 6) is 2.89. The number of rotatable bonds is 10. The summed E-state index contributed by atoms with van der Waals surface area (Å²) >= 11 is 3.36. The van der Waals surface area contributed by atoms with E-state index < -0.39 is 17.7 Å². The second-order valence-corrected chi connectivity index (χ2v) is 14.2. The van der Waals surface area contributed by atoms with Gasteiger partial charge < -0.3 is 25.4 Å². The number of thioether (sulfide) groups is 2. The Balaban J connectivity index is 0.00000442. The Morgan fingerprint density at radius 3 is 2.27 bits per heavy atom. The summed E-state index contributed by atoms with van der Waals surface area (Å²) in [6.45, 7) is 4.75. The lowest BCUT2D eigenvalue weighted by atomic mass is 9.81. The van der Waals surface area contributed by atoms with Crippen molar-refractivity contribution in [2.45, 2.75) is 67.8 Å². The predicted molar refractivity (Wildman–Crippen MR) is 179 cm³/mol. The van der Waals surface area contributed by atoms with E-state index >= 15 is 0 Å². The summed E-state index contributed by atoms with van der Waals surface area (Å²) in [6, 6.07) is 14.1. The molecule has 3 N–H and O–H groups in total. The highest BCUT2D eigenvalue weighted by Crippen LogP contribution is 2.38. The number of hydrogen-bond acceptors (Lipinski definition) is 8. The first-order valence-electron chi connectivity index (χ1n) is 15.2. The first-order chi connectivity index (χ1) is 20.8. The van der Waals surface area contributed by atoms with Gasteiger partial charge in [0.05, 0.1) is 4.58 Å². The predicted octanol–water partition coefficient (Wildman–Crippen LogP) is 4.28. The van der Waals surface area contributed by atoms with E-state index in [0.29, 0.717) is 49.5 Å². The molecule has 2 aromatic rings. The molecule has 5 rings (SSSR count). The minimum atomic E-state index is -0.901. The Morgan fingerprint density at radius 2 is 1.68 bits per heavy atom. The largest absolute Gasteiger partial charge is 0.457 e. The number of piperazine rings is 1. The fraction of sp³-hybridized carbons (Fsp3) is 0.531. The molecule has 0 saturated carbocycles. The van der Waals surface area contributed by atoms with E-state index in [1.807, 2.05) is 29.2 Å². The molecule has 240 valence electrons. The molecule has 0 aromatic heterocycles. The summed E-state index contributed by atoms with van der Waals surface area (Å²) in [7, 11) is 1.60. The van der Waals surface area contributed by atoms with Crippen molar-refractivity contribution < 1.29 is 24.2 Å². The molecule has 0 aliphatic carbocycles. The zero-order valence-corrected chi connectivity index (χ0v) is 27.8. The Kier molecular flexibility index (Phi) is 12.3. The van der Waals surface area contributed by atoms with Crippen LogP contribution in [-0.2, 0) is 16.1 Å². The molecule has 3 aliphatic rings. The highest BCUT2D eigenvalue weighted by molar-refractivity contribution is 8.17. The number of piperidine rings is 1. The van der Waals surface area contributed by atoms with Crippen molar-refractivity contribution in [3.63, 3.8) is 0 Å². The third-order valence-electron chi connectivity index (χ3n) is 8.56. The van der Waals surface area contributed by atoms with Crippen LogP contribution >= 0.6 is 35.9 Å². The number of unbranched alkanes of at least 4 members (excludes halogenated alkanes) is 1. The molecule has 2 aromatic carbocycles. The molecule has 3 heterocycles. The van der Waals surface area contributed by atoms with Crippen molar-refractivity contribution in [3.05, 3.63) is 59.7 Å². The van der Waals surface area contributed by atoms with Crippen LogP contribution in [-0.4, -0.2) is 93.1 Å². The zero-order valence-electron chi connectivity index (χ0n) is 25.3. The van der Waals surface area contributed by atoms with Crippen molar-refractivity contribution in [3.8, 4) is 11.5 Å². The number of amides is 3. The third kappa shape index (κ3) is 7.67. The van der Waals surface area contributed by atoms with Crippen LogP contribution in [0.25, 0.3) is 0 Å². The van der Waals surface area contributed by atoms with Gasteiger partial charge >= 0.3 is 0 Å². The first kappa shape index (κ1) is 34.4. The van der Waals surface area contributed by atoms with Crippen molar-refractivity contribution in [1.82, 2.24) is 20.4 Å². The number of halogens is 1. The maximum Gasteiger partial charge on any atom is 0.251 e. The normalized spacial score (nSPS) is 21.3. The minimum Gasteiger partial charge on any atom is -0.457 e. The Labute approximate surface area is 274 Å². The van der Waals surface area contributed by atoms with Crippen molar-refractivity contribution >= 4 is 53.7 Å². The van der Waals surface area contributed by atoms with Gasteiger partial charge in [0.15, 0.2) is 0 Å². The van der Waals surface area contributed by atoms with E-state index in [9.17, 15) is 19.5 Å². The smallest absolute Gasteiger partial charge is 0.251 e. The number of ether oxygens (including phenoxy) is 1. The van der Waals surface area contributed by atoms with Crippen LogP contribution < -0.4 is 15.4 Å². The number of likely N-dealkylation sites (tertiary alicyclic amines) is 1. The van der Waals surface area contributed by atoms with E-state index in [1.54, 1.807) is 54.8 Å². The molecule has 0 radical (unpaired) electrons. The topological polar surface area (TPSA) is 111 Å². The average Bonchev–Trinajstić information content (AvgIpc) is 3.04. The van der Waals surface area contributed by atoms with Gasteiger partial charge in [0.25, 0.3) is 5.91 Å². The number of aliphatic hydroxyl groups excluding tert-OH is 1. The molecule has 1 spiro atoms. The lowest BCUT2D eigenvalue weighted by molar-refractivity contribution is -0.164. The van der Waals surface area contributed by atoms with E-state index in [2.05, 4.69) is 22.5 Å². The van der Waals surface area contributed by atoms with Gasteiger partial charge in [-0.3, -0.25) is 19.3 Å². The van der Waals surface area contributed by atoms with Gasteiger partial charge in [-0.25, -0.2) is 0 Å². The highest BCUT2D eigenvalue weighted by atomic mass is 35.5. The summed E-state index contributed by atoms with van der Waals surface area (Å²) in [4.78, 5) is 43.4.